The zero-order chi connectivity index (χ0) is 18.1. The van der Waals surface area contributed by atoms with Crippen molar-refractivity contribution in [1.29, 1.82) is 0 Å². The van der Waals surface area contributed by atoms with E-state index in [1.807, 2.05) is 0 Å². The van der Waals surface area contributed by atoms with E-state index in [2.05, 4.69) is 41.9 Å². The first-order valence-corrected chi connectivity index (χ1v) is 10.8. The molecule has 136 valence electrons. The fraction of sp³-hybridized carbons (Fsp3) is 0.400. The number of nitrogens with zero attached hydrogens (tertiary/aromatic N) is 1. The fourth-order valence-corrected chi connectivity index (χ4v) is 5.87. The number of amides is 1. The normalized spacial score (nSPS) is 16.7. The number of aromatic nitrogens is 1. The summed E-state index contributed by atoms with van der Waals surface area (Å²) < 4.78 is 1.28. The second-order valence-corrected chi connectivity index (χ2v) is 8.92. The van der Waals surface area contributed by atoms with Crippen LogP contribution in [0.3, 0.4) is 0 Å². The highest BCUT2D eigenvalue weighted by Crippen LogP contribution is 2.39. The van der Waals surface area contributed by atoms with Crippen molar-refractivity contribution in [2.45, 2.75) is 45.1 Å². The summed E-state index contributed by atoms with van der Waals surface area (Å²) in [6, 6.07) is 8.12. The molecule has 0 saturated heterocycles. The van der Waals surface area contributed by atoms with Gasteiger partial charge in [-0.15, -0.1) is 22.7 Å². The number of primary amides is 1. The van der Waals surface area contributed by atoms with Gasteiger partial charge in [0.25, 0.3) is 0 Å². The second-order valence-electron chi connectivity index (χ2n) is 7.01. The van der Waals surface area contributed by atoms with Gasteiger partial charge in [0.2, 0.25) is 5.91 Å². The minimum Gasteiger partial charge on any atom is -0.368 e. The Morgan fingerprint density at radius 3 is 2.77 bits per heavy atom. The van der Waals surface area contributed by atoms with Crippen molar-refractivity contribution >= 4 is 43.8 Å². The summed E-state index contributed by atoms with van der Waals surface area (Å²) in [5, 5.41) is 7.47. The second kappa shape index (κ2) is 7.37. The molecule has 1 amide bonds. The highest BCUT2D eigenvalue weighted by molar-refractivity contribution is 7.23. The first kappa shape index (κ1) is 17.5. The van der Waals surface area contributed by atoms with E-state index >= 15 is 0 Å². The summed E-state index contributed by atoms with van der Waals surface area (Å²) >= 11 is 3.32. The van der Waals surface area contributed by atoms with Crippen molar-refractivity contribution in [3.05, 3.63) is 35.2 Å². The molecule has 1 unspecified atom stereocenters. The molecule has 1 aliphatic rings. The number of fused-ring (bicyclic) bond motifs is 1. The molecule has 1 fully saturated rings. The largest absolute Gasteiger partial charge is 0.368 e. The lowest BCUT2D eigenvalue weighted by Crippen LogP contribution is -2.42. The number of anilines is 1. The maximum absolute atomic E-state index is 12.0. The lowest BCUT2D eigenvalue weighted by atomic mass is 9.83. The molecular weight excluding hydrogens is 362 g/mol. The Morgan fingerprint density at radius 2 is 2.04 bits per heavy atom. The molecule has 1 aliphatic carbocycles. The first-order chi connectivity index (χ1) is 12.6. The van der Waals surface area contributed by atoms with Crippen molar-refractivity contribution in [3.63, 3.8) is 0 Å². The van der Waals surface area contributed by atoms with Gasteiger partial charge in [-0.05, 0) is 42.7 Å². The number of carbonyl (C=O) groups excluding carboxylic acids is 1. The molecule has 1 atom stereocenters. The van der Waals surface area contributed by atoms with Gasteiger partial charge in [-0.25, -0.2) is 4.98 Å². The van der Waals surface area contributed by atoms with E-state index in [0.29, 0.717) is 5.92 Å². The molecule has 0 spiro atoms. The van der Waals surface area contributed by atoms with Crippen molar-refractivity contribution < 1.29 is 4.79 Å². The molecule has 3 N–H and O–H groups in total. The minimum absolute atomic E-state index is 0.272. The van der Waals surface area contributed by atoms with Gasteiger partial charge >= 0.3 is 0 Å². The van der Waals surface area contributed by atoms with E-state index in [1.54, 1.807) is 22.7 Å². The van der Waals surface area contributed by atoms with Gasteiger partial charge < -0.3 is 11.1 Å². The zero-order valence-corrected chi connectivity index (χ0v) is 16.5. The predicted octanol–water partition coefficient (Wildman–Crippen LogP) is 5.18. The number of hydrogen-bond donors (Lipinski definition) is 2. The van der Waals surface area contributed by atoms with Crippen molar-refractivity contribution in [1.82, 2.24) is 4.98 Å². The van der Waals surface area contributed by atoms with E-state index in [1.165, 1.54) is 39.8 Å². The van der Waals surface area contributed by atoms with Gasteiger partial charge in [0, 0.05) is 10.1 Å². The summed E-state index contributed by atoms with van der Waals surface area (Å²) in [5.74, 6) is 0.0476. The highest BCUT2D eigenvalue weighted by atomic mass is 32.1. The van der Waals surface area contributed by atoms with Crippen LogP contribution in [0.2, 0.25) is 0 Å². The summed E-state index contributed by atoms with van der Waals surface area (Å²) in [6.07, 6.45) is 5.75. The standard InChI is InChI=1S/C20H23N3OS2/c1-12-14-9-5-6-10-16(14)26-18(12)15-11-25-20(22-15)23-17(19(21)24)13-7-3-2-4-8-13/h5-6,9-11,13,17H,2-4,7-8H2,1H3,(H2,21,24)(H,22,23). The monoisotopic (exact) mass is 385 g/mol. The van der Waals surface area contributed by atoms with Crippen molar-refractivity contribution in [2.24, 2.45) is 11.7 Å². The molecule has 4 rings (SSSR count). The van der Waals surface area contributed by atoms with Gasteiger partial charge in [0.1, 0.15) is 6.04 Å². The van der Waals surface area contributed by atoms with E-state index in [0.717, 1.165) is 23.7 Å². The van der Waals surface area contributed by atoms with Gasteiger partial charge in [-0.3, -0.25) is 4.79 Å². The molecule has 0 aliphatic heterocycles. The van der Waals surface area contributed by atoms with Crippen LogP contribution in [0.5, 0.6) is 0 Å². The molecule has 3 aromatic rings. The number of thiazole rings is 1. The lowest BCUT2D eigenvalue weighted by Gasteiger charge is -2.28. The fourth-order valence-electron chi connectivity index (χ4n) is 3.88. The van der Waals surface area contributed by atoms with Gasteiger partial charge in [0.15, 0.2) is 5.13 Å². The highest BCUT2D eigenvalue weighted by Gasteiger charge is 2.28. The maximum atomic E-state index is 12.0. The van der Waals surface area contributed by atoms with E-state index in [-0.39, 0.29) is 11.9 Å². The van der Waals surface area contributed by atoms with Crippen LogP contribution in [0.4, 0.5) is 5.13 Å². The van der Waals surface area contributed by atoms with Crippen LogP contribution in [0.15, 0.2) is 29.6 Å². The number of benzene rings is 1. The number of nitrogens with one attached hydrogen (secondary N) is 1. The maximum Gasteiger partial charge on any atom is 0.240 e. The van der Waals surface area contributed by atoms with Crippen LogP contribution in [0.25, 0.3) is 20.7 Å². The Kier molecular flexibility index (Phi) is 4.96. The molecule has 0 radical (unpaired) electrons. The zero-order valence-electron chi connectivity index (χ0n) is 14.8. The van der Waals surface area contributed by atoms with E-state index < -0.39 is 0 Å². The molecular formula is C20H23N3OS2. The predicted molar refractivity (Wildman–Crippen MR) is 111 cm³/mol. The smallest absolute Gasteiger partial charge is 0.240 e. The van der Waals surface area contributed by atoms with Crippen LogP contribution in [0, 0.1) is 12.8 Å². The van der Waals surface area contributed by atoms with E-state index in [4.69, 9.17) is 10.7 Å². The molecule has 6 heteroatoms. The Balaban J connectivity index is 1.58. The van der Waals surface area contributed by atoms with Crippen LogP contribution in [-0.4, -0.2) is 16.9 Å². The molecule has 26 heavy (non-hydrogen) atoms. The third kappa shape index (κ3) is 3.35. The molecule has 2 aromatic heterocycles. The summed E-state index contributed by atoms with van der Waals surface area (Å²) in [4.78, 5) is 18.0. The third-order valence-corrected chi connectivity index (χ3v) is 7.36. The molecule has 0 bridgehead atoms. The lowest BCUT2D eigenvalue weighted by molar-refractivity contribution is -0.120. The van der Waals surface area contributed by atoms with Gasteiger partial charge in [0.05, 0.1) is 10.6 Å². The number of carbonyl (C=O) groups is 1. The quantitative estimate of drug-likeness (QED) is 0.636. The van der Waals surface area contributed by atoms with Gasteiger partial charge in [-0.2, -0.15) is 0 Å². The van der Waals surface area contributed by atoms with Gasteiger partial charge in [-0.1, -0.05) is 37.5 Å². The minimum atomic E-state index is -0.321. The molecule has 4 nitrogen and oxygen atoms in total. The van der Waals surface area contributed by atoms with Crippen molar-refractivity contribution in [2.75, 3.05) is 5.32 Å². The molecule has 1 saturated carbocycles. The number of aryl methyl sites for hydroxylation is 1. The SMILES string of the molecule is Cc1c(-c2csc(NC(C(N)=O)C3CCCCC3)n2)sc2ccccc12. The van der Waals surface area contributed by atoms with Crippen LogP contribution < -0.4 is 11.1 Å². The number of rotatable bonds is 5. The Morgan fingerprint density at radius 1 is 1.27 bits per heavy atom. The number of thiophene rings is 1. The van der Waals surface area contributed by atoms with Crippen molar-refractivity contribution in [3.8, 4) is 10.6 Å². The summed E-state index contributed by atoms with van der Waals surface area (Å²) in [6.45, 7) is 2.15. The van der Waals surface area contributed by atoms with Crippen LogP contribution in [0.1, 0.15) is 37.7 Å². The number of nitrogens with two attached hydrogens (primary N) is 1. The average Bonchev–Trinajstić information content (AvgIpc) is 3.25. The molecule has 1 aromatic carbocycles. The Bertz CT molecular complexity index is 924. The Labute approximate surface area is 161 Å². The topological polar surface area (TPSA) is 68.0 Å². The summed E-state index contributed by atoms with van der Waals surface area (Å²) in [7, 11) is 0. The third-order valence-electron chi connectivity index (χ3n) is 5.29. The van der Waals surface area contributed by atoms with Crippen LogP contribution >= 0.6 is 22.7 Å². The summed E-state index contributed by atoms with van der Waals surface area (Å²) in [5.41, 5.74) is 7.93. The first-order valence-electron chi connectivity index (χ1n) is 9.13. The number of hydrogen-bond acceptors (Lipinski definition) is 5. The molecule has 2 heterocycles. The van der Waals surface area contributed by atoms with Crippen LogP contribution in [-0.2, 0) is 4.79 Å². The average molecular weight is 386 g/mol. The van der Waals surface area contributed by atoms with E-state index in [9.17, 15) is 4.79 Å². The Hall–Kier alpha value is -1.92.